The van der Waals surface area contributed by atoms with Crippen LogP contribution in [0.3, 0.4) is 0 Å². The predicted octanol–water partition coefficient (Wildman–Crippen LogP) is 5.74. The summed E-state index contributed by atoms with van der Waals surface area (Å²) in [5.41, 5.74) is 2.17. The van der Waals surface area contributed by atoms with Gasteiger partial charge in [0.25, 0.3) is 0 Å². The number of halogens is 1. The van der Waals surface area contributed by atoms with Crippen LogP contribution in [0.2, 0.25) is 5.28 Å². The molecular formula is C27H30ClN5. The van der Waals surface area contributed by atoms with Crippen molar-refractivity contribution in [2.75, 3.05) is 31.1 Å². The number of piperidine rings is 2. The third-order valence-electron chi connectivity index (χ3n) is 7.41. The number of nitrogens with zero attached hydrogens (tertiary/aromatic N) is 5. The summed E-state index contributed by atoms with van der Waals surface area (Å²) in [5.74, 6) is 0.986. The minimum Gasteiger partial charge on any atom is -0.356 e. The molecule has 2 saturated heterocycles. The molecule has 0 saturated carbocycles. The molecule has 5 nitrogen and oxygen atoms in total. The van der Waals surface area contributed by atoms with Crippen molar-refractivity contribution in [1.29, 1.82) is 0 Å². The average Bonchev–Trinajstić information content (AvgIpc) is 3.26. The van der Waals surface area contributed by atoms with Crippen molar-refractivity contribution < 1.29 is 0 Å². The topological polar surface area (TPSA) is 37.2 Å². The minimum absolute atomic E-state index is 0.328. The van der Waals surface area contributed by atoms with Crippen LogP contribution in [0.25, 0.3) is 21.8 Å². The van der Waals surface area contributed by atoms with Crippen molar-refractivity contribution >= 4 is 39.2 Å². The summed E-state index contributed by atoms with van der Waals surface area (Å²) < 4.78 is 2.19. The van der Waals surface area contributed by atoms with E-state index in [1.165, 1.54) is 61.5 Å². The molecule has 0 atom stereocenters. The lowest BCUT2D eigenvalue weighted by atomic mass is 10.00. The molecule has 0 radical (unpaired) electrons. The smallest absolute Gasteiger partial charge is 0.226 e. The molecule has 0 spiro atoms. The van der Waals surface area contributed by atoms with Crippen molar-refractivity contribution in [3.8, 4) is 0 Å². The number of benzene rings is 2. The second kappa shape index (κ2) is 8.96. The Labute approximate surface area is 200 Å². The highest BCUT2D eigenvalue weighted by molar-refractivity contribution is 6.28. The molecule has 2 aromatic heterocycles. The van der Waals surface area contributed by atoms with Gasteiger partial charge in [-0.1, -0.05) is 42.8 Å². The Bertz CT molecular complexity index is 1270. The van der Waals surface area contributed by atoms with Crippen LogP contribution < -0.4 is 4.90 Å². The van der Waals surface area contributed by atoms with E-state index in [4.69, 9.17) is 11.6 Å². The first kappa shape index (κ1) is 20.9. The number of fused-ring (bicyclic) bond motifs is 2. The fraction of sp³-hybridized carbons (Fsp3) is 0.407. The molecule has 6 rings (SSSR count). The molecule has 0 aliphatic carbocycles. The zero-order chi connectivity index (χ0) is 22.2. The summed E-state index contributed by atoms with van der Waals surface area (Å²) in [6.07, 6.45) is 8.61. The summed E-state index contributed by atoms with van der Waals surface area (Å²) in [6.45, 7) is 5.36. The lowest BCUT2D eigenvalue weighted by Gasteiger charge is -2.40. The van der Waals surface area contributed by atoms with Gasteiger partial charge in [0.2, 0.25) is 5.28 Å². The highest BCUT2D eigenvalue weighted by Gasteiger charge is 2.27. The first-order chi connectivity index (χ1) is 16.2. The van der Waals surface area contributed by atoms with E-state index in [0.29, 0.717) is 11.3 Å². The number of hydrogen-bond donors (Lipinski definition) is 0. The SMILES string of the molecule is Clc1nc(N2CCC(N3CCCCC3)CC2)c2ccn(Cc3ccc4ccccc4c3)c2n1. The van der Waals surface area contributed by atoms with Gasteiger partial charge in [-0.2, -0.15) is 9.97 Å². The van der Waals surface area contributed by atoms with Crippen LogP contribution in [0.1, 0.15) is 37.7 Å². The van der Waals surface area contributed by atoms with Crippen molar-refractivity contribution in [3.63, 3.8) is 0 Å². The fourth-order valence-corrected chi connectivity index (χ4v) is 5.81. The first-order valence-corrected chi connectivity index (χ1v) is 12.6. The van der Waals surface area contributed by atoms with Crippen LogP contribution >= 0.6 is 11.6 Å². The lowest BCUT2D eigenvalue weighted by Crippen LogP contribution is -2.47. The molecule has 0 amide bonds. The Kier molecular flexibility index (Phi) is 5.68. The number of likely N-dealkylation sites (tertiary alicyclic amines) is 1. The molecule has 2 aliphatic heterocycles. The van der Waals surface area contributed by atoms with Gasteiger partial charge in [-0.15, -0.1) is 0 Å². The highest BCUT2D eigenvalue weighted by atomic mass is 35.5. The Hall–Kier alpha value is -2.63. The van der Waals surface area contributed by atoms with E-state index in [2.05, 4.69) is 79.1 Å². The minimum atomic E-state index is 0.328. The highest BCUT2D eigenvalue weighted by Crippen LogP contribution is 2.30. The van der Waals surface area contributed by atoms with Gasteiger partial charge in [0.05, 0.1) is 5.39 Å². The Morgan fingerprint density at radius 1 is 0.848 bits per heavy atom. The van der Waals surface area contributed by atoms with E-state index in [9.17, 15) is 0 Å². The normalized spacial score (nSPS) is 18.4. The molecule has 0 N–H and O–H groups in total. The average molecular weight is 460 g/mol. The molecule has 170 valence electrons. The molecule has 2 fully saturated rings. The van der Waals surface area contributed by atoms with Crippen LogP contribution in [-0.2, 0) is 6.54 Å². The maximum atomic E-state index is 6.43. The van der Waals surface area contributed by atoms with Gasteiger partial charge in [0, 0.05) is 31.9 Å². The van der Waals surface area contributed by atoms with Crippen molar-refractivity contribution in [1.82, 2.24) is 19.4 Å². The zero-order valence-corrected chi connectivity index (χ0v) is 19.7. The van der Waals surface area contributed by atoms with Crippen LogP contribution in [0.15, 0.2) is 54.7 Å². The maximum Gasteiger partial charge on any atom is 0.226 e. The van der Waals surface area contributed by atoms with Gasteiger partial charge in [-0.05, 0) is 78.8 Å². The van der Waals surface area contributed by atoms with E-state index in [-0.39, 0.29) is 0 Å². The third-order valence-corrected chi connectivity index (χ3v) is 7.58. The molecule has 4 aromatic rings. The Morgan fingerprint density at radius 2 is 1.64 bits per heavy atom. The zero-order valence-electron chi connectivity index (χ0n) is 19.0. The lowest BCUT2D eigenvalue weighted by molar-refractivity contribution is 0.141. The van der Waals surface area contributed by atoms with Crippen LogP contribution in [0.5, 0.6) is 0 Å². The largest absolute Gasteiger partial charge is 0.356 e. The van der Waals surface area contributed by atoms with Gasteiger partial charge in [0.1, 0.15) is 11.5 Å². The Morgan fingerprint density at radius 3 is 2.45 bits per heavy atom. The number of aromatic nitrogens is 3. The van der Waals surface area contributed by atoms with E-state index in [0.717, 1.165) is 36.5 Å². The van der Waals surface area contributed by atoms with E-state index in [1.54, 1.807) is 0 Å². The van der Waals surface area contributed by atoms with Crippen molar-refractivity contribution in [2.24, 2.45) is 0 Å². The summed E-state index contributed by atoms with van der Waals surface area (Å²) in [7, 11) is 0. The summed E-state index contributed by atoms with van der Waals surface area (Å²) in [5, 5.41) is 3.95. The number of hydrogen-bond acceptors (Lipinski definition) is 4. The molecule has 0 unspecified atom stereocenters. The van der Waals surface area contributed by atoms with E-state index in [1.807, 2.05) is 0 Å². The number of rotatable bonds is 4. The second-order valence-corrected chi connectivity index (χ2v) is 9.83. The van der Waals surface area contributed by atoms with Crippen LogP contribution in [-0.4, -0.2) is 51.7 Å². The molecule has 2 aliphatic rings. The molecular weight excluding hydrogens is 430 g/mol. The van der Waals surface area contributed by atoms with Gasteiger partial charge < -0.3 is 14.4 Å². The summed E-state index contributed by atoms with van der Waals surface area (Å²) in [6, 6.07) is 18.0. The van der Waals surface area contributed by atoms with Crippen LogP contribution in [0, 0.1) is 0 Å². The molecule has 4 heterocycles. The van der Waals surface area contributed by atoms with E-state index >= 15 is 0 Å². The first-order valence-electron chi connectivity index (χ1n) is 12.2. The van der Waals surface area contributed by atoms with Crippen molar-refractivity contribution in [3.05, 3.63) is 65.6 Å². The molecule has 2 aromatic carbocycles. The van der Waals surface area contributed by atoms with Gasteiger partial charge >= 0.3 is 0 Å². The van der Waals surface area contributed by atoms with Gasteiger partial charge in [0.15, 0.2) is 0 Å². The summed E-state index contributed by atoms with van der Waals surface area (Å²) in [4.78, 5) is 14.4. The second-order valence-electron chi connectivity index (χ2n) is 9.49. The standard InChI is InChI=1S/C27H30ClN5/c28-27-29-25(32-15-10-23(11-16-32)31-13-4-1-5-14-31)24-12-17-33(26(24)30-27)19-20-8-9-21-6-2-3-7-22(21)18-20/h2-3,6-9,12,17-18,23H,1,4-5,10-11,13-16,19H2. The fourth-order valence-electron chi connectivity index (χ4n) is 5.65. The Balaban J connectivity index is 1.24. The molecule has 6 heteroatoms. The van der Waals surface area contributed by atoms with Crippen molar-refractivity contribution in [2.45, 2.75) is 44.7 Å². The van der Waals surface area contributed by atoms with Crippen LogP contribution in [0.4, 0.5) is 5.82 Å². The quantitative estimate of drug-likeness (QED) is 0.364. The predicted molar refractivity (Wildman–Crippen MR) is 136 cm³/mol. The van der Waals surface area contributed by atoms with E-state index < -0.39 is 0 Å². The monoisotopic (exact) mass is 459 g/mol. The number of anilines is 1. The molecule has 0 bridgehead atoms. The molecule has 33 heavy (non-hydrogen) atoms. The third kappa shape index (κ3) is 4.20. The maximum absolute atomic E-state index is 6.43. The van der Waals surface area contributed by atoms with Gasteiger partial charge in [-0.25, -0.2) is 0 Å². The van der Waals surface area contributed by atoms with Gasteiger partial charge in [-0.3, -0.25) is 0 Å². The summed E-state index contributed by atoms with van der Waals surface area (Å²) >= 11 is 6.43.